The molecule has 1 aromatic carbocycles. The maximum absolute atomic E-state index is 13.1. The largest absolute Gasteiger partial charge is 0.394 e. The zero-order valence-electron chi connectivity index (χ0n) is 12.5. The van der Waals surface area contributed by atoms with Gasteiger partial charge in [-0.25, -0.2) is 4.39 Å². The number of aliphatic hydroxyl groups excluding tert-OH is 1. The monoisotopic (exact) mass is 294 g/mol. The number of carbonyl (C=O) groups is 1. The molecule has 1 aliphatic carbocycles. The summed E-state index contributed by atoms with van der Waals surface area (Å²) < 4.78 is 13.1. The number of halogens is 1. The molecule has 1 aromatic rings. The maximum Gasteiger partial charge on any atom is 0.225 e. The van der Waals surface area contributed by atoms with Gasteiger partial charge in [0.15, 0.2) is 0 Å². The molecule has 0 aromatic heterocycles. The van der Waals surface area contributed by atoms with Gasteiger partial charge in [0.1, 0.15) is 5.82 Å². The molecule has 0 spiro atoms. The topological polar surface area (TPSA) is 61.4 Å². The Morgan fingerprint density at radius 2 is 2.24 bits per heavy atom. The molecule has 1 saturated carbocycles. The van der Waals surface area contributed by atoms with Gasteiger partial charge in [-0.3, -0.25) is 4.79 Å². The highest BCUT2D eigenvalue weighted by molar-refractivity contribution is 5.91. The van der Waals surface area contributed by atoms with Crippen LogP contribution in [0.1, 0.15) is 33.1 Å². The lowest BCUT2D eigenvalue weighted by atomic mass is 9.95. The Morgan fingerprint density at radius 1 is 1.52 bits per heavy atom. The van der Waals surface area contributed by atoms with E-state index in [1.54, 1.807) is 12.1 Å². The SMILES string of the molecule is CC(CC(=O)Nc1cccc(F)c1)NC(C)(CO)C1CC1. The van der Waals surface area contributed by atoms with E-state index in [-0.39, 0.29) is 36.3 Å². The predicted octanol–water partition coefficient (Wildman–Crippen LogP) is 2.29. The van der Waals surface area contributed by atoms with Crippen LogP contribution in [0, 0.1) is 11.7 Å². The molecule has 2 atom stereocenters. The van der Waals surface area contributed by atoms with Gasteiger partial charge in [0, 0.05) is 23.7 Å². The molecule has 4 nitrogen and oxygen atoms in total. The minimum absolute atomic E-state index is 0.0590. The summed E-state index contributed by atoms with van der Waals surface area (Å²) in [4.78, 5) is 12.0. The molecule has 0 bridgehead atoms. The summed E-state index contributed by atoms with van der Waals surface area (Å²) in [5, 5.41) is 15.6. The Kier molecular flexibility index (Phi) is 4.96. The van der Waals surface area contributed by atoms with Crippen molar-refractivity contribution in [2.75, 3.05) is 11.9 Å². The molecule has 21 heavy (non-hydrogen) atoms. The second-order valence-electron chi connectivity index (χ2n) is 6.16. The van der Waals surface area contributed by atoms with Crippen molar-refractivity contribution < 1.29 is 14.3 Å². The van der Waals surface area contributed by atoms with Gasteiger partial charge < -0.3 is 15.7 Å². The summed E-state index contributed by atoms with van der Waals surface area (Å²) >= 11 is 0. The highest BCUT2D eigenvalue weighted by atomic mass is 19.1. The van der Waals surface area contributed by atoms with Crippen LogP contribution in [0.3, 0.4) is 0 Å². The number of amides is 1. The third-order valence-corrected chi connectivity index (χ3v) is 3.98. The number of rotatable bonds is 7. The second kappa shape index (κ2) is 6.54. The quantitative estimate of drug-likeness (QED) is 0.723. The molecule has 3 N–H and O–H groups in total. The minimum Gasteiger partial charge on any atom is -0.394 e. The van der Waals surface area contributed by atoms with Crippen molar-refractivity contribution in [3.8, 4) is 0 Å². The van der Waals surface area contributed by atoms with E-state index in [0.717, 1.165) is 12.8 Å². The molecule has 1 amide bonds. The number of anilines is 1. The van der Waals surface area contributed by atoms with Gasteiger partial charge in [0.05, 0.1) is 6.61 Å². The van der Waals surface area contributed by atoms with E-state index in [1.807, 2.05) is 13.8 Å². The number of aliphatic hydroxyl groups is 1. The van der Waals surface area contributed by atoms with Gasteiger partial charge in [-0.05, 0) is 50.8 Å². The van der Waals surface area contributed by atoms with Crippen molar-refractivity contribution in [2.45, 2.75) is 44.7 Å². The van der Waals surface area contributed by atoms with E-state index in [4.69, 9.17) is 0 Å². The van der Waals surface area contributed by atoms with E-state index in [2.05, 4.69) is 10.6 Å². The van der Waals surface area contributed by atoms with Gasteiger partial charge in [-0.15, -0.1) is 0 Å². The van der Waals surface area contributed by atoms with Crippen LogP contribution in [-0.4, -0.2) is 29.2 Å². The van der Waals surface area contributed by atoms with Crippen LogP contribution in [0.25, 0.3) is 0 Å². The number of carbonyl (C=O) groups excluding carboxylic acids is 1. The van der Waals surface area contributed by atoms with Crippen molar-refractivity contribution in [3.63, 3.8) is 0 Å². The first-order chi connectivity index (χ1) is 9.93. The van der Waals surface area contributed by atoms with E-state index in [9.17, 15) is 14.3 Å². The van der Waals surface area contributed by atoms with Crippen LogP contribution in [0.4, 0.5) is 10.1 Å². The standard InChI is InChI=1S/C16H23FN2O2/c1-11(19-16(2,10-20)12-6-7-12)8-15(21)18-14-5-3-4-13(17)9-14/h3-5,9,11-12,19-20H,6-8,10H2,1-2H3,(H,18,21). The average Bonchev–Trinajstić information content (AvgIpc) is 3.22. The van der Waals surface area contributed by atoms with Crippen LogP contribution in [0.2, 0.25) is 0 Å². The minimum atomic E-state index is -0.374. The van der Waals surface area contributed by atoms with Crippen molar-refractivity contribution >= 4 is 11.6 Å². The second-order valence-corrected chi connectivity index (χ2v) is 6.16. The predicted molar refractivity (Wildman–Crippen MR) is 80.5 cm³/mol. The Balaban J connectivity index is 1.84. The Morgan fingerprint density at radius 3 is 2.81 bits per heavy atom. The van der Waals surface area contributed by atoms with Crippen LogP contribution in [-0.2, 0) is 4.79 Å². The highest BCUT2D eigenvalue weighted by Gasteiger charge is 2.41. The van der Waals surface area contributed by atoms with Gasteiger partial charge >= 0.3 is 0 Å². The fourth-order valence-electron chi connectivity index (χ4n) is 2.68. The number of hydrogen-bond acceptors (Lipinski definition) is 3. The molecule has 1 fully saturated rings. The molecule has 2 rings (SSSR count). The zero-order valence-corrected chi connectivity index (χ0v) is 12.5. The molecule has 0 heterocycles. The molecule has 0 aliphatic heterocycles. The normalized spacial score (nSPS) is 18.9. The molecule has 5 heteroatoms. The third-order valence-electron chi connectivity index (χ3n) is 3.98. The Labute approximate surface area is 124 Å². The summed E-state index contributed by atoms with van der Waals surface area (Å²) in [7, 11) is 0. The molecule has 0 saturated heterocycles. The van der Waals surface area contributed by atoms with Gasteiger partial charge in [-0.1, -0.05) is 6.07 Å². The zero-order chi connectivity index (χ0) is 15.5. The summed E-state index contributed by atoms with van der Waals surface area (Å²) in [5.41, 5.74) is 0.137. The first-order valence-corrected chi connectivity index (χ1v) is 7.37. The Bertz CT molecular complexity index is 505. The van der Waals surface area contributed by atoms with Gasteiger partial charge in [0.25, 0.3) is 0 Å². The lowest BCUT2D eigenvalue weighted by Crippen LogP contribution is -2.52. The maximum atomic E-state index is 13.1. The highest BCUT2D eigenvalue weighted by Crippen LogP contribution is 2.39. The van der Waals surface area contributed by atoms with E-state index in [1.165, 1.54) is 12.1 Å². The van der Waals surface area contributed by atoms with Crippen molar-refractivity contribution in [3.05, 3.63) is 30.1 Å². The summed E-state index contributed by atoms with van der Waals surface area (Å²) in [6, 6.07) is 5.78. The van der Waals surface area contributed by atoms with Crippen molar-refractivity contribution in [1.29, 1.82) is 0 Å². The van der Waals surface area contributed by atoms with E-state index < -0.39 is 0 Å². The van der Waals surface area contributed by atoms with E-state index in [0.29, 0.717) is 11.6 Å². The van der Waals surface area contributed by atoms with E-state index >= 15 is 0 Å². The molecule has 0 radical (unpaired) electrons. The lowest BCUT2D eigenvalue weighted by Gasteiger charge is -2.32. The molecular weight excluding hydrogens is 271 g/mol. The van der Waals surface area contributed by atoms with Crippen LogP contribution in [0.5, 0.6) is 0 Å². The molecule has 2 unspecified atom stereocenters. The molecule has 1 aliphatic rings. The average molecular weight is 294 g/mol. The summed E-state index contributed by atoms with van der Waals surface area (Å²) in [6.45, 7) is 3.97. The van der Waals surface area contributed by atoms with Crippen molar-refractivity contribution in [2.24, 2.45) is 5.92 Å². The fourth-order valence-corrected chi connectivity index (χ4v) is 2.68. The fraction of sp³-hybridized carbons (Fsp3) is 0.562. The van der Waals surface area contributed by atoms with Crippen LogP contribution in [0.15, 0.2) is 24.3 Å². The van der Waals surface area contributed by atoms with Gasteiger partial charge in [0.2, 0.25) is 5.91 Å². The number of nitrogens with one attached hydrogen (secondary N) is 2. The molecular formula is C16H23FN2O2. The Hall–Kier alpha value is -1.46. The van der Waals surface area contributed by atoms with Crippen molar-refractivity contribution in [1.82, 2.24) is 5.32 Å². The summed E-state index contributed by atoms with van der Waals surface area (Å²) in [6.07, 6.45) is 2.51. The van der Waals surface area contributed by atoms with Crippen LogP contribution >= 0.6 is 0 Å². The summed E-state index contributed by atoms with van der Waals surface area (Å²) in [5.74, 6) is -0.0616. The number of hydrogen-bond donors (Lipinski definition) is 3. The lowest BCUT2D eigenvalue weighted by molar-refractivity contribution is -0.116. The molecule has 116 valence electrons. The van der Waals surface area contributed by atoms with Gasteiger partial charge in [-0.2, -0.15) is 0 Å². The first kappa shape index (κ1) is 15.9. The first-order valence-electron chi connectivity index (χ1n) is 7.37. The van der Waals surface area contributed by atoms with Crippen LogP contribution < -0.4 is 10.6 Å². The number of benzene rings is 1. The third kappa shape index (κ3) is 4.51. The smallest absolute Gasteiger partial charge is 0.225 e.